The fourth-order valence-corrected chi connectivity index (χ4v) is 6.94. The van der Waals surface area contributed by atoms with E-state index >= 15 is 0 Å². The number of thioether (sulfide) groups is 1. The monoisotopic (exact) mass is 617 g/mol. The minimum Gasteiger partial charge on any atom is -0.497 e. The van der Waals surface area contributed by atoms with Gasteiger partial charge >= 0.3 is 0 Å². The first-order valence-electron chi connectivity index (χ1n) is 13.1. The van der Waals surface area contributed by atoms with Crippen LogP contribution in [0.25, 0.3) is 0 Å². The molecule has 2 aromatic carbocycles. The Morgan fingerprint density at radius 3 is 2.77 bits per heavy atom. The lowest BCUT2D eigenvalue weighted by atomic mass is 9.68. The zero-order valence-electron chi connectivity index (χ0n) is 23.5. The first kappa shape index (κ1) is 29.7. The lowest BCUT2D eigenvalue weighted by Gasteiger charge is -2.42. The van der Waals surface area contributed by atoms with E-state index in [4.69, 9.17) is 10.5 Å². The van der Waals surface area contributed by atoms with Gasteiger partial charge in [-0.25, -0.2) is 0 Å². The topological polar surface area (TPSA) is 177 Å². The van der Waals surface area contributed by atoms with Gasteiger partial charge in [0.05, 0.1) is 35.3 Å². The second kappa shape index (κ2) is 11.9. The van der Waals surface area contributed by atoms with Crippen LogP contribution < -0.4 is 20.7 Å². The summed E-state index contributed by atoms with van der Waals surface area (Å²) in [5, 5.41) is 32.9. The summed E-state index contributed by atoms with van der Waals surface area (Å²) in [6.45, 7) is 4.02. The number of nitrogens with one attached hydrogen (secondary N) is 1. The minimum atomic E-state index is -0.658. The van der Waals surface area contributed by atoms with Crippen molar-refractivity contribution in [1.29, 1.82) is 5.26 Å². The van der Waals surface area contributed by atoms with Gasteiger partial charge in [0.2, 0.25) is 11.0 Å². The molecule has 3 N–H and O–H groups in total. The lowest BCUT2D eigenvalue weighted by Crippen LogP contribution is -2.42. The number of nitro benzene ring substituents is 1. The van der Waals surface area contributed by atoms with E-state index in [1.165, 1.54) is 29.5 Å². The van der Waals surface area contributed by atoms with Crippen LogP contribution in [0.15, 0.2) is 75.5 Å². The van der Waals surface area contributed by atoms with Gasteiger partial charge in [-0.2, -0.15) is 5.26 Å². The summed E-state index contributed by atoms with van der Waals surface area (Å²) in [6, 6.07) is 15.2. The molecule has 220 valence electrons. The SMILES string of the molecule is COc1cccc(C2C(C#N)=C(N)N(c3nnc(SCC(=O)Nc4cccc([N+](=O)[O-])c4)s3)C3=C2C(=O)CC(C)(C)C3)c1. The highest BCUT2D eigenvalue weighted by molar-refractivity contribution is 8.01. The maximum absolute atomic E-state index is 13.7. The molecule has 14 heteroatoms. The molecule has 12 nitrogen and oxygen atoms in total. The number of amides is 1. The Balaban J connectivity index is 1.44. The third kappa shape index (κ3) is 6.08. The van der Waals surface area contributed by atoms with Crippen molar-refractivity contribution >= 4 is 51.3 Å². The smallest absolute Gasteiger partial charge is 0.271 e. The van der Waals surface area contributed by atoms with E-state index in [0.717, 1.165) is 17.3 Å². The molecule has 3 aromatic rings. The van der Waals surface area contributed by atoms with E-state index < -0.39 is 10.8 Å². The molecule has 1 aliphatic heterocycles. The number of nitro groups is 1. The number of nitrogens with two attached hydrogens (primary N) is 1. The fraction of sp³-hybridized carbons (Fsp3) is 0.276. The highest BCUT2D eigenvalue weighted by Gasteiger charge is 2.45. The van der Waals surface area contributed by atoms with Crippen molar-refractivity contribution in [2.45, 2.75) is 36.9 Å². The van der Waals surface area contributed by atoms with E-state index in [1.54, 1.807) is 30.2 Å². The van der Waals surface area contributed by atoms with Gasteiger partial charge < -0.3 is 15.8 Å². The van der Waals surface area contributed by atoms with E-state index in [0.29, 0.717) is 45.0 Å². The molecule has 0 radical (unpaired) electrons. The molecule has 1 atom stereocenters. The molecule has 0 spiro atoms. The zero-order chi connectivity index (χ0) is 30.9. The van der Waals surface area contributed by atoms with Gasteiger partial charge in [-0.1, -0.05) is 55.1 Å². The molecule has 2 aliphatic rings. The summed E-state index contributed by atoms with van der Waals surface area (Å²) >= 11 is 2.31. The average Bonchev–Trinajstić information content (AvgIpc) is 3.43. The van der Waals surface area contributed by atoms with Gasteiger partial charge in [0.25, 0.3) is 5.69 Å². The first-order chi connectivity index (χ1) is 20.5. The van der Waals surface area contributed by atoms with Crippen molar-refractivity contribution in [3.63, 3.8) is 0 Å². The molecule has 5 rings (SSSR count). The number of carbonyl (C=O) groups is 2. The summed E-state index contributed by atoms with van der Waals surface area (Å²) < 4.78 is 5.87. The number of nitrogens with zero attached hydrogens (tertiary/aromatic N) is 5. The van der Waals surface area contributed by atoms with Crippen molar-refractivity contribution in [3.05, 3.63) is 86.9 Å². The Morgan fingerprint density at radius 1 is 1.28 bits per heavy atom. The Kier molecular flexibility index (Phi) is 8.21. The number of ketones is 1. The number of rotatable bonds is 8. The normalized spacial score (nSPS) is 17.8. The second-order valence-corrected chi connectivity index (χ2v) is 12.9. The number of allylic oxidation sites excluding steroid dienone is 3. The highest BCUT2D eigenvalue weighted by atomic mass is 32.2. The molecule has 0 saturated carbocycles. The molecule has 1 unspecified atom stereocenters. The molecule has 2 heterocycles. The third-order valence-electron chi connectivity index (χ3n) is 7.06. The summed E-state index contributed by atoms with van der Waals surface area (Å²) in [5.41, 5.74) is 8.62. The van der Waals surface area contributed by atoms with Crippen LogP contribution in [0, 0.1) is 26.9 Å². The van der Waals surface area contributed by atoms with Crippen LogP contribution in [0.4, 0.5) is 16.5 Å². The van der Waals surface area contributed by atoms with Crippen LogP contribution >= 0.6 is 23.1 Å². The van der Waals surface area contributed by atoms with Crippen molar-refractivity contribution in [3.8, 4) is 11.8 Å². The number of carbonyl (C=O) groups excluding carboxylic acids is 2. The maximum atomic E-state index is 13.7. The van der Waals surface area contributed by atoms with Gasteiger partial charge in [-0.15, -0.1) is 10.2 Å². The summed E-state index contributed by atoms with van der Waals surface area (Å²) in [7, 11) is 1.55. The summed E-state index contributed by atoms with van der Waals surface area (Å²) in [5.74, 6) is -0.367. The fourth-order valence-electron chi connectivity index (χ4n) is 5.25. The average molecular weight is 618 g/mol. The number of non-ortho nitro benzene ring substituents is 1. The largest absolute Gasteiger partial charge is 0.497 e. The second-order valence-electron chi connectivity index (χ2n) is 10.8. The van der Waals surface area contributed by atoms with E-state index in [1.807, 2.05) is 26.0 Å². The highest BCUT2D eigenvalue weighted by Crippen LogP contribution is 2.51. The van der Waals surface area contributed by atoms with Gasteiger partial charge in [0.15, 0.2) is 10.1 Å². The van der Waals surface area contributed by atoms with Crippen LogP contribution in [-0.2, 0) is 9.59 Å². The predicted octanol–water partition coefficient (Wildman–Crippen LogP) is 5.13. The molecule has 1 amide bonds. The third-order valence-corrected chi connectivity index (χ3v) is 9.10. The molecule has 43 heavy (non-hydrogen) atoms. The van der Waals surface area contributed by atoms with Crippen molar-refractivity contribution in [2.24, 2.45) is 11.1 Å². The lowest BCUT2D eigenvalue weighted by molar-refractivity contribution is -0.384. The number of anilines is 2. The Hall–Kier alpha value is -4.74. The molecular weight excluding hydrogens is 590 g/mol. The molecule has 0 saturated heterocycles. The molecule has 0 fully saturated rings. The number of hydrogen-bond acceptors (Lipinski definition) is 12. The van der Waals surface area contributed by atoms with Crippen LogP contribution in [0.3, 0.4) is 0 Å². The van der Waals surface area contributed by atoms with Gasteiger partial charge in [0, 0.05) is 35.5 Å². The Labute approximate surface area is 255 Å². The van der Waals surface area contributed by atoms with Crippen LogP contribution in [0.5, 0.6) is 5.75 Å². The van der Waals surface area contributed by atoms with E-state index in [2.05, 4.69) is 21.6 Å². The number of aromatic nitrogens is 2. The number of benzene rings is 2. The van der Waals surface area contributed by atoms with E-state index in [-0.39, 0.29) is 39.9 Å². The van der Waals surface area contributed by atoms with Crippen LogP contribution in [-0.4, -0.2) is 39.7 Å². The van der Waals surface area contributed by atoms with Gasteiger partial charge in [0.1, 0.15) is 11.6 Å². The van der Waals surface area contributed by atoms with Gasteiger partial charge in [-0.05, 0) is 35.6 Å². The number of ether oxygens (including phenoxy) is 1. The van der Waals surface area contributed by atoms with Crippen molar-refractivity contribution < 1.29 is 19.2 Å². The molecule has 1 aliphatic carbocycles. The predicted molar refractivity (Wildman–Crippen MR) is 162 cm³/mol. The zero-order valence-corrected chi connectivity index (χ0v) is 25.1. The van der Waals surface area contributed by atoms with Crippen molar-refractivity contribution in [2.75, 3.05) is 23.1 Å². The first-order valence-corrected chi connectivity index (χ1v) is 14.9. The quantitative estimate of drug-likeness (QED) is 0.195. The molecular formula is C29H27N7O5S2. The van der Waals surface area contributed by atoms with E-state index in [9.17, 15) is 25.0 Å². The molecule has 1 aromatic heterocycles. The van der Waals surface area contributed by atoms with Crippen molar-refractivity contribution in [1.82, 2.24) is 10.2 Å². The number of nitriles is 1. The molecule has 0 bridgehead atoms. The summed E-state index contributed by atoms with van der Waals surface area (Å²) in [6.07, 6.45) is 0.831. The number of Topliss-reactive ketones (excluding diaryl/α,β-unsaturated/α-hetero) is 1. The summed E-state index contributed by atoms with van der Waals surface area (Å²) in [4.78, 5) is 38.4. The van der Waals surface area contributed by atoms with Crippen LogP contribution in [0.1, 0.15) is 38.2 Å². The maximum Gasteiger partial charge on any atom is 0.271 e. The number of hydrogen-bond donors (Lipinski definition) is 2. The Bertz CT molecular complexity index is 1740. The Morgan fingerprint density at radius 2 is 2.05 bits per heavy atom. The standard InChI is InChI=1S/C29H27N7O5S2/c1-29(2)12-21-25(22(37)13-29)24(16-6-4-9-19(10-16)41-3)20(14-30)26(31)35(21)27-33-34-28(43-27)42-15-23(38)32-17-7-5-8-18(11-17)36(39)40/h4-11,24H,12-13,15,31H2,1-3H3,(H,32,38). The van der Waals surface area contributed by atoms with Gasteiger partial charge in [-0.3, -0.25) is 24.6 Å². The minimum absolute atomic E-state index is 0.0243. The van der Waals surface area contributed by atoms with Crippen LogP contribution in [0.2, 0.25) is 0 Å². The number of methoxy groups -OCH3 is 1.